The van der Waals surface area contributed by atoms with Crippen LogP contribution in [0, 0.1) is 6.92 Å². The van der Waals surface area contributed by atoms with Gasteiger partial charge in [0.15, 0.2) is 5.65 Å². The van der Waals surface area contributed by atoms with Crippen LogP contribution in [0.15, 0.2) is 18.3 Å². The summed E-state index contributed by atoms with van der Waals surface area (Å²) in [6.45, 7) is 7.88. The second-order valence-electron chi connectivity index (χ2n) is 6.57. The van der Waals surface area contributed by atoms with E-state index in [2.05, 4.69) is 21.0 Å². The molecule has 4 rings (SSSR count). The Morgan fingerprint density at radius 1 is 1.08 bits per heavy atom. The molecule has 8 nitrogen and oxygen atoms in total. The molecule has 0 radical (unpaired) electrons. The Bertz CT molecular complexity index is 755. The number of morpholine rings is 1. The molecule has 0 atom stereocenters. The molecule has 2 aromatic heterocycles. The molecule has 0 aliphatic carbocycles. The summed E-state index contributed by atoms with van der Waals surface area (Å²) >= 11 is 0. The Morgan fingerprint density at radius 3 is 2.72 bits per heavy atom. The highest BCUT2D eigenvalue weighted by Crippen LogP contribution is 2.19. The molecule has 2 aliphatic heterocycles. The average Bonchev–Trinajstić information content (AvgIpc) is 2.96. The number of anilines is 1. The van der Waals surface area contributed by atoms with Crippen LogP contribution in [-0.4, -0.2) is 82.9 Å². The van der Waals surface area contributed by atoms with E-state index in [0.29, 0.717) is 26.3 Å². The first-order valence-corrected chi connectivity index (χ1v) is 8.90. The molecular weight excluding hydrogens is 320 g/mol. The molecule has 2 aliphatic rings. The van der Waals surface area contributed by atoms with Gasteiger partial charge in [-0.05, 0) is 13.3 Å². The molecule has 25 heavy (non-hydrogen) atoms. The number of hydrogen-bond acceptors (Lipinski definition) is 5. The molecule has 2 aromatic rings. The summed E-state index contributed by atoms with van der Waals surface area (Å²) in [4.78, 5) is 23.4. The number of nitrogens with zero attached hydrogens (tertiary/aromatic N) is 6. The number of amides is 2. The van der Waals surface area contributed by atoms with Crippen LogP contribution in [0.3, 0.4) is 0 Å². The summed E-state index contributed by atoms with van der Waals surface area (Å²) in [5.41, 5.74) is 1.84. The zero-order valence-corrected chi connectivity index (χ0v) is 14.6. The SMILES string of the molecule is Cc1cc(N2CCCN(C(=O)N3CCOCC3)CC2)n2nccc2n1. The summed E-state index contributed by atoms with van der Waals surface area (Å²) < 4.78 is 7.23. The Labute approximate surface area is 147 Å². The molecule has 0 N–H and O–H groups in total. The zero-order chi connectivity index (χ0) is 17.2. The van der Waals surface area contributed by atoms with Crippen molar-refractivity contribution in [2.45, 2.75) is 13.3 Å². The fraction of sp³-hybridized carbons (Fsp3) is 0.588. The standard InChI is InChI=1S/C17H24N6O2/c1-14-13-16(23-15(19-14)3-4-18-23)20-5-2-6-21(8-7-20)17(24)22-9-11-25-12-10-22/h3-4,13H,2,5-12H2,1H3. The quantitative estimate of drug-likeness (QED) is 0.772. The van der Waals surface area contributed by atoms with Crippen molar-refractivity contribution in [3.8, 4) is 0 Å². The van der Waals surface area contributed by atoms with Gasteiger partial charge in [-0.2, -0.15) is 9.61 Å². The number of urea groups is 1. The molecule has 8 heteroatoms. The second kappa shape index (κ2) is 6.87. The van der Waals surface area contributed by atoms with Crippen LogP contribution in [0.5, 0.6) is 0 Å². The number of carbonyl (C=O) groups is 1. The molecular formula is C17H24N6O2. The molecule has 0 unspecified atom stereocenters. The lowest BCUT2D eigenvalue weighted by atomic mass is 10.3. The van der Waals surface area contributed by atoms with E-state index in [1.807, 2.05) is 27.3 Å². The number of aryl methyl sites for hydroxylation is 1. The zero-order valence-electron chi connectivity index (χ0n) is 14.6. The van der Waals surface area contributed by atoms with Gasteiger partial charge >= 0.3 is 6.03 Å². The minimum atomic E-state index is 0.139. The number of hydrogen-bond donors (Lipinski definition) is 0. The molecule has 2 fully saturated rings. The summed E-state index contributed by atoms with van der Waals surface area (Å²) in [5.74, 6) is 1.05. The lowest BCUT2D eigenvalue weighted by Gasteiger charge is -2.32. The van der Waals surface area contributed by atoms with Crippen molar-refractivity contribution in [1.82, 2.24) is 24.4 Å². The average molecular weight is 344 g/mol. The Hall–Kier alpha value is -2.35. The van der Waals surface area contributed by atoms with Gasteiger partial charge in [-0.3, -0.25) is 0 Å². The van der Waals surface area contributed by atoms with Gasteiger partial charge in [-0.1, -0.05) is 0 Å². The fourth-order valence-corrected chi connectivity index (χ4v) is 3.54. The van der Waals surface area contributed by atoms with E-state index in [-0.39, 0.29) is 6.03 Å². The van der Waals surface area contributed by atoms with E-state index < -0.39 is 0 Å². The van der Waals surface area contributed by atoms with Crippen LogP contribution >= 0.6 is 0 Å². The van der Waals surface area contributed by atoms with Gasteiger partial charge in [0.2, 0.25) is 0 Å². The lowest BCUT2D eigenvalue weighted by Crippen LogP contribution is -2.49. The summed E-state index contributed by atoms with van der Waals surface area (Å²) in [7, 11) is 0. The lowest BCUT2D eigenvalue weighted by molar-refractivity contribution is 0.0438. The van der Waals surface area contributed by atoms with E-state index in [1.54, 1.807) is 6.20 Å². The van der Waals surface area contributed by atoms with E-state index in [1.165, 1.54) is 0 Å². The second-order valence-corrected chi connectivity index (χ2v) is 6.57. The Kier molecular flexibility index (Phi) is 4.44. The van der Waals surface area contributed by atoms with Gasteiger partial charge in [0.25, 0.3) is 0 Å². The maximum absolute atomic E-state index is 12.7. The molecule has 4 heterocycles. The molecule has 0 bridgehead atoms. The predicted molar refractivity (Wildman–Crippen MR) is 93.9 cm³/mol. The van der Waals surface area contributed by atoms with Crippen molar-refractivity contribution >= 4 is 17.5 Å². The van der Waals surface area contributed by atoms with Crippen molar-refractivity contribution in [2.75, 3.05) is 57.4 Å². The normalized spacial score (nSPS) is 19.3. The van der Waals surface area contributed by atoms with Gasteiger partial charge in [0.05, 0.1) is 19.4 Å². The topological polar surface area (TPSA) is 66.2 Å². The number of ether oxygens (including phenoxy) is 1. The van der Waals surface area contributed by atoms with Crippen LogP contribution in [0.1, 0.15) is 12.1 Å². The third kappa shape index (κ3) is 3.26. The van der Waals surface area contributed by atoms with Crippen LogP contribution in [0.25, 0.3) is 5.65 Å². The smallest absolute Gasteiger partial charge is 0.320 e. The van der Waals surface area contributed by atoms with E-state index in [0.717, 1.165) is 49.8 Å². The molecule has 2 amide bonds. The molecule has 2 saturated heterocycles. The molecule has 0 spiro atoms. The van der Waals surface area contributed by atoms with E-state index in [4.69, 9.17) is 4.74 Å². The Balaban J connectivity index is 1.49. The Morgan fingerprint density at radius 2 is 1.88 bits per heavy atom. The van der Waals surface area contributed by atoms with Crippen molar-refractivity contribution in [2.24, 2.45) is 0 Å². The number of rotatable bonds is 1. The fourth-order valence-electron chi connectivity index (χ4n) is 3.54. The summed E-state index contributed by atoms with van der Waals surface area (Å²) in [6.07, 6.45) is 2.72. The van der Waals surface area contributed by atoms with Crippen molar-refractivity contribution in [1.29, 1.82) is 0 Å². The van der Waals surface area contributed by atoms with Crippen LogP contribution < -0.4 is 4.90 Å². The van der Waals surface area contributed by atoms with E-state index >= 15 is 0 Å². The molecule has 0 aromatic carbocycles. The van der Waals surface area contributed by atoms with Crippen LogP contribution in [0.2, 0.25) is 0 Å². The van der Waals surface area contributed by atoms with Crippen molar-refractivity contribution in [3.05, 3.63) is 24.0 Å². The summed E-state index contributed by atoms with van der Waals surface area (Å²) in [5, 5.41) is 4.40. The van der Waals surface area contributed by atoms with Gasteiger partial charge in [-0.15, -0.1) is 0 Å². The highest BCUT2D eigenvalue weighted by atomic mass is 16.5. The van der Waals surface area contributed by atoms with Gasteiger partial charge in [0, 0.05) is 57.1 Å². The predicted octanol–water partition coefficient (Wildman–Crippen LogP) is 1.00. The largest absolute Gasteiger partial charge is 0.378 e. The van der Waals surface area contributed by atoms with Crippen molar-refractivity contribution < 1.29 is 9.53 Å². The van der Waals surface area contributed by atoms with Crippen LogP contribution in [0.4, 0.5) is 10.6 Å². The number of aromatic nitrogens is 3. The third-order valence-corrected chi connectivity index (χ3v) is 4.84. The first-order chi connectivity index (χ1) is 12.2. The highest BCUT2D eigenvalue weighted by molar-refractivity contribution is 5.74. The third-order valence-electron chi connectivity index (χ3n) is 4.84. The van der Waals surface area contributed by atoms with Gasteiger partial charge in [0.1, 0.15) is 5.82 Å². The highest BCUT2D eigenvalue weighted by Gasteiger charge is 2.25. The minimum absolute atomic E-state index is 0.139. The maximum Gasteiger partial charge on any atom is 0.320 e. The molecule has 0 saturated carbocycles. The first kappa shape index (κ1) is 16.1. The van der Waals surface area contributed by atoms with Gasteiger partial charge < -0.3 is 19.4 Å². The van der Waals surface area contributed by atoms with E-state index in [9.17, 15) is 4.79 Å². The number of carbonyl (C=O) groups excluding carboxylic acids is 1. The monoisotopic (exact) mass is 344 g/mol. The minimum Gasteiger partial charge on any atom is -0.378 e. The molecule has 134 valence electrons. The summed E-state index contributed by atoms with van der Waals surface area (Å²) in [6, 6.07) is 4.13. The van der Waals surface area contributed by atoms with Gasteiger partial charge in [-0.25, -0.2) is 9.78 Å². The van der Waals surface area contributed by atoms with Crippen molar-refractivity contribution in [3.63, 3.8) is 0 Å². The van der Waals surface area contributed by atoms with Crippen LogP contribution in [-0.2, 0) is 4.74 Å². The first-order valence-electron chi connectivity index (χ1n) is 8.90. The maximum atomic E-state index is 12.7. The number of fused-ring (bicyclic) bond motifs is 1.